The van der Waals surface area contributed by atoms with E-state index in [-0.39, 0.29) is 24.8 Å². The molecule has 1 heterocycles. The highest BCUT2D eigenvalue weighted by Crippen LogP contribution is 2.30. The van der Waals surface area contributed by atoms with Crippen molar-refractivity contribution in [1.82, 2.24) is 10.2 Å². The summed E-state index contributed by atoms with van der Waals surface area (Å²) in [6.07, 6.45) is 0.275. The van der Waals surface area contributed by atoms with Gasteiger partial charge in [0.1, 0.15) is 6.54 Å². The zero-order chi connectivity index (χ0) is 17.2. The lowest BCUT2D eigenvalue weighted by molar-refractivity contribution is -0.137. The molecule has 0 atom stereocenters. The van der Waals surface area contributed by atoms with Crippen molar-refractivity contribution < 1.29 is 19.5 Å². The molecule has 0 fully saturated rings. The highest BCUT2D eigenvalue weighted by atomic mass is 16.4. The van der Waals surface area contributed by atoms with Gasteiger partial charge in [0.25, 0.3) is 5.91 Å². The standard InChI is InChI=1S/C17H20N2O4/c1-11-12-6-4-5-7-13(12)16(23)19(11)10-14(20)18-17(2,3)9-8-15(21)22/h4-7H,1,8-10H2,2-3H3,(H,18,20)(H,21,22). The Balaban J connectivity index is 2.00. The first-order valence-electron chi connectivity index (χ1n) is 7.34. The molecule has 0 aromatic heterocycles. The number of carboxylic acids is 1. The number of carboxylic acid groups (broad SMARTS) is 1. The number of aliphatic carboxylic acids is 1. The summed E-state index contributed by atoms with van der Waals surface area (Å²) in [4.78, 5) is 36.5. The van der Waals surface area contributed by atoms with Crippen molar-refractivity contribution >= 4 is 23.5 Å². The van der Waals surface area contributed by atoms with Gasteiger partial charge < -0.3 is 10.4 Å². The average Bonchev–Trinajstić information content (AvgIpc) is 2.70. The quantitative estimate of drug-likeness (QED) is 0.839. The third kappa shape index (κ3) is 3.77. The van der Waals surface area contributed by atoms with E-state index in [9.17, 15) is 14.4 Å². The molecule has 0 spiro atoms. The van der Waals surface area contributed by atoms with Crippen LogP contribution in [0.5, 0.6) is 0 Å². The number of hydrogen-bond acceptors (Lipinski definition) is 3. The van der Waals surface area contributed by atoms with E-state index in [4.69, 9.17) is 5.11 Å². The van der Waals surface area contributed by atoms with Gasteiger partial charge in [-0.3, -0.25) is 19.3 Å². The first kappa shape index (κ1) is 16.7. The van der Waals surface area contributed by atoms with E-state index >= 15 is 0 Å². The molecule has 6 nitrogen and oxygen atoms in total. The Bertz CT molecular complexity index is 644. The van der Waals surface area contributed by atoms with Gasteiger partial charge in [-0.1, -0.05) is 24.8 Å². The maximum Gasteiger partial charge on any atom is 0.303 e. The molecule has 0 aliphatic carbocycles. The second-order valence-electron chi connectivity index (χ2n) is 6.21. The zero-order valence-corrected chi connectivity index (χ0v) is 13.3. The van der Waals surface area contributed by atoms with Crippen molar-refractivity contribution in [2.75, 3.05) is 6.54 Å². The molecule has 0 unspecified atom stereocenters. The van der Waals surface area contributed by atoms with E-state index in [1.54, 1.807) is 32.0 Å². The average molecular weight is 316 g/mol. The van der Waals surface area contributed by atoms with Gasteiger partial charge in [-0.2, -0.15) is 0 Å². The number of nitrogens with zero attached hydrogens (tertiary/aromatic N) is 1. The Labute approximate surface area is 134 Å². The summed E-state index contributed by atoms with van der Waals surface area (Å²) in [5.74, 6) is -1.50. The fourth-order valence-corrected chi connectivity index (χ4v) is 2.54. The Hall–Kier alpha value is -2.63. The van der Waals surface area contributed by atoms with Crippen molar-refractivity contribution in [3.63, 3.8) is 0 Å². The molecule has 1 aliphatic rings. The zero-order valence-electron chi connectivity index (χ0n) is 13.3. The predicted molar refractivity (Wildman–Crippen MR) is 85.6 cm³/mol. The number of carbonyl (C=O) groups is 3. The summed E-state index contributed by atoms with van der Waals surface area (Å²) in [5, 5.41) is 11.5. The minimum atomic E-state index is -0.911. The lowest BCUT2D eigenvalue weighted by Gasteiger charge is -2.27. The molecule has 122 valence electrons. The molecule has 6 heteroatoms. The third-order valence-electron chi connectivity index (χ3n) is 3.78. The lowest BCUT2D eigenvalue weighted by atomic mass is 9.98. The van der Waals surface area contributed by atoms with Gasteiger partial charge in [0, 0.05) is 28.8 Å². The van der Waals surface area contributed by atoms with Crippen LogP contribution >= 0.6 is 0 Å². The summed E-state index contributed by atoms with van der Waals surface area (Å²) in [6, 6.07) is 7.08. The predicted octanol–water partition coefficient (Wildman–Crippen LogP) is 1.87. The summed E-state index contributed by atoms with van der Waals surface area (Å²) in [5.41, 5.74) is 1.11. The Kier molecular flexibility index (Phi) is 4.54. The molecule has 0 radical (unpaired) electrons. The number of rotatable bonds is 6. The molecule has 1 aliphatic heterocycles. The number of fused-ring (bicyclic) bond motifs is 1. The number of benzene rings is 1. The SMILES string of the molecule is C=C1c2ccccc2C(=O)N1CC(=O)NC(C)(C)CCC(=O)O. The van der Waals surface area contributed by atoms with Gasteiger partial charge >= 0.3 is 5.97 Å². The fraction of sp³-hybridized carbons (Fsp3) is 0.353. The van der Waals surface area contributed by atoms with E-state index in [0.29, 0.717) is 17.7 Å². The summed E-state index contributed by atoms with van der Waals surface area (Å²) in [7, 11) is 0. The van der Waals surface area contributed by atoms with Crippen LogP contribution in [0.15, 0.2) is 30.8 Å². The van der Waals surface area contributed by atoms with Gasteiger partial charge in [0.15, 0.2) is 0 Å². The van der Waals surface area contributed by atoms with Crippen LogP contribution in [0.1, 0.15) is 42.6 Å². The third-order valence-corrected chi connectivity index (χ3v) is 3.78. The van der Waals surface area contributed by atoms with Crippen LogP contribution in [0.2, 0.25) is 0 Å². The van der Waals surface area contributed by atoms with E-state index in [0.717, 1.165) is 5.56 Å². The van der Waals surface area contributed by atoms with E-state index in [1.165, 1.54) is 4.90 Å². The van der Waals surface area contributed by atoms with E-state index < -0.39 is 11.5 Å². The second kappa shape index (κ2) is 6.24. The molecule has 2 rings (SSSR count). The number of carbonyl (C=O) groups excluding carboxylic acids is 2. The van der Waals surface area contributed by atoms with Crippen LogP contribution in [-0.4, -0.2) is 39.9 Å². The number of amides is 2. The molecule has 23 heavy (non-hydrogen) atoms. The fourth-order valence-electron chi connectivity index (χ4n) is 2.54. The largest absolute Gasteiger partial charge is 0.481 e. The maximum absolute atomic E-state index is 12.3. The van der Waals surface area contributed by atoms with Crippen LogP contribution in [0.3, 0.4) is 0 Å². The molecule has 1 aromatic rings. The van der Waals surface area contributed by atoms with Crippen molar-refractivity contribution in [3.05, 3.63) is 42.0 Å². The Morgan fingerprint density at radius 1 is 1.26 bits per heavy atom. The molecular formula is C17H20N2O4. The minimum Gasteiger partial charge on any atom is -0.481 e. The summed E-state index contributed by atoms with van der Waals surface area (Å²) >= 11 is 0. The molecule has 0 bridgehead atoms. The van der Waals surface area contributed by atoms with Crippen LogP contribution in [-0.2, 0) is 9.59 Å². The van der Waals surface area contributed by atoms with Crippen LogP contribution in [0, 0.1) is 0 Å². The molecule has 2 N–H and O–H groups in total. The lowest BCUT2D eigenvalue weighted by Crippen LogP contribution is -2.47. The van der Waals surface area contributed by atoms with Crippen molar-refractivity contribution in [2.24, 2.45) is 0 Å². The van der Waals surface area contributed by atoms with Crippen LogP contribution in [0.25, 0.3) is 5.70 Å². The molecule has 1 aromatic carbocycles. The van der Waals surface area contributed by atoms with Gasteiger partial charge in [-0.05, 0) is 26.3 Å². The van der Waals surface area contributed by atoms with Gasteiger partial charge in [-0.25, -0.2) is 0 Å². The summed E-state index contributed by atoms with van der Waals surface area (Å²) in [6.45, 7) is 7.25. The van der Waals surface area contributed by atoms with E-state index in [1.807, 2.05) is 6.07 Å². The van der Waals surface area contributed by atoms with Gasteiger partial charge in [0.05, 0.1) is 0 Å². The number of hydrogen-bond donors (Lipinski definition) is 2. The first-order valence-corrected chi connectivity index (χ1v) is 7.34. The smallest absolute Gasteiger partial charge is 0.303 e. The maximum atomic E-state index is 12.3. The minimum absolute atomic E-state index is 0.0337. The van der Waals surface area contributed by atoms with Gasteiger partial charge in [-0.15, -0.1) is 0 Å². The van der Waals surface area contributed by atoms with Crippen molar-refractivity contribution in [1.29, 1.82) is 0 Å². The second-order valence-corrected chi connectivity index (χ2v) is 6.21. The monoisotopic (exact) mass is 316 g/mol. The van der Waals surface area contributed by atoms with Crippen LogP contribution < -0.4 is 5.32 Å². The van der Waals surface area contributed by atoms with Crippen molar-refractivity contribution in [3.8, 4) is 0 Å². The molecule has 0 saturated heterocycles. The normalized spacial score (nSPS) is 13.9. The van der Waals surface area contributed by atoms with Gasteiger partial charge in [0.2, 0.25) is 5.91 Å². The topological polar surface area (TPSA) is 86.7 Å². The first-order chi connectivity index (χ1) is 10.7. The molecule has 2 amide bonds. The Morgan fingerprint density at radius 2 is 1.87 bits per heavy atom. The molecular weight excluding hydrogens is 296 g/mol. The highest BCUT2D eigenvalue weighted by molar-refractivity contribution is 6.10. The highest BCUT2D eigenvalue weighted by Gasteiger charge is 2.32. The molecule has 0 saturated carbocycles. The van der Waals surface area contributed by atoms with Crippen molar-refractivity contribution in [2.45, 2.75) is 32.2 Å². The number of nitrogens with one attached hydrogen (secondary N) is 1. The van der Waals surface area contributed by atoms with Crippen LogP contribution in [0.4, 0.5) is 0 Å². The summed E-state index contributed by atoms with van der Waals surface area (Å²) < 4.78 is 0. The Morgan fingerprint density at radius 3 is 2.43 bits per heavy atom. The van der Waals surface area contributed by atoms with E-state index in [2.05, 4.69) is 11.9 Å².